The first-order valence-corrected chi connectivity index (χ1v) is 6.78. The summed E-state index contributed by atoms with van der Waals surface area (Å²) in [5, 5.41) is 0. The van der Waals surface area contributed by atoms with Gasteiger partial charge in [0.1, 0.15) is 5.75 Å². The van der Waals surface area contributed by atoms with Crippen molar-refractivity contribution >= 4 is 5.97 Å². The highest BCUT2D eigenvalue weighted by molar-refractivity contribution is 5.72. The van der Waals surface area contributed by atoms with E-state index in [2.05, 4.69) is 32.0 Å². The van der Waals surface area contributed by atoms with Gasteiger partial charge in [0.25, 0.3) is 0 Å². The Morgan fingerprint density at radius 3 is 2.42 bits per heavy atom. The van der Waals surface area contributed by atoms with Gasteiger partial charge < -0.3 is 9.47 Å². The maximum Gasteiger partial charge on any atom is 0.308 e. The van der Waals surface area contributed by atoms with Gasteiger partial charge in [-0.15, -0.1) is 0 Å². The van der Waals surface area contributed by atoms with E-state index in [1.165, 1.54) is 12.7 Å². The minimum atomic E-state index is -0.155. The lowest BCUT2D eigenvalue weighted by atomic mass is 9.93. The predicted molar refractivity (Wildman–Crippen MR) is 76.6 cm³/mol. The van der Waals surface area contributed by atoms with E-state index in [1.807, 2.05) is 6.92 Å². The molecule has 1 rings (SSSR count). The Kier molecular flexibility index (Phi) is 5.87. The first-order valence-electron chi connectivity index (χ1n) is 6.78. The van der Waals surface area contributed by atoms with Crippen LogP contribution in [0.15, 0.2) is 18.2 Å². The van der Waals surface area contributed by atoms with Crippen molar-refractivity contribution < 1.29 is 14.3 Å². The molecule has 0 aliphatic heterocycles. The summed E-state index contributed by atoms with van der Waals surface area (Å²) in [4.78, 5) is 11.7. The number of carbonyl (C=O) groups excluding carboxylic acids is 1. The van der Waals surface area contributed by atoms with Crippen LogP contribution < -0.4 is 4.74 Å². The number of esters is 1. The van der Waals surface area contributed by atoms with Gasteiger partial charge in [-0.1, -0.05) is 32.9 Å². The molecular weight excluding hydrogens is 240 g/mol. The normalized spacial score (nSPS) is 12.3. The van der Waals surface area contributed by atoms with Crippen LogP contribution in [0, 0.1) is 5.92 Å². The lowest BCUT2D eigenvalue weighted by molar-refractivity contribution is -0.145. The van der Waals surface area contributed by atoms with Crippen LogP contribution in [-0.4, -0.2) is 20.2 Å². The predicted octanol–water partition coefficient (Wildman–Crippen LogP) is 3.56. The van der Waals surface area contributed by atoms with Crippen LogP contribution in [-0.2, 0) is 16.0 Å². The van der Waals surface area contributed by atoms with E-state index in [4.69, 9.17) is 9.47 Å². The fraction of sp³-hybridized carbons (Fsp3) is 0.562. The van der Waals surface area contributed by atoms with Crippen molar-refractivity contribution in [2.24, 2.45) is 5.92 Å². The topological polar surface area (TPSA) is 35.5 Å². The molecule has 0 fully saturated rings. The van der Waals surface area contributed by atoms with Crippen LogP contribution in [0.4, 0.5) is 0 Å². The lowest BCUT2D eigenvalue weighted by Crippen LogP contribution is -2.18. The van der Waals surface area contributed by atoms with Crippen LogP contribution in [0.3, 0.4) is 0 Å². The number of methoxy groups -OCH3 is 2. The lowest BCUT2D eigenvalue weighted by Gasteiger charge is -2.16. The van der Waals surface area contributed by atoms with Crippen LogP contribution in [0.2, 0.25) is 0 Å². The Bertz CT molecular complexity index is 424. The van der Waals surface area contributed by atoms with Crippen LogP contribution in [0.25, 0.3) is 0 Å². The summed E-state index contributed by atoms with van der Waals surface area (Å²) in [7, 11) is 3.10. The Morgan fingerprint density at radius 1 is 1.26 bits per heavy atom. The second kappa shape index (κ2) is 7.17. The number of ether oxygens (including phenoxy) is 2. The molecule has 1 aromatic rings. The first-order chi connectivity index (χ1) is 9.03. The molecule has 0 saturated carbocycles. The quantitative estimate of drug-likeness (QED) is 0.737. The third-order valence-electron chi connectivity index (χ3n) is 3.47. The largest absolute Gasteiger partial charge is 0.496 e. The van der Waals surface area contributed by atoms with Crippen molar-refractivity contribution in [3.8, 4) is 5.75 Å². The maximum atomic E-state index is 11.7. The third kappa shape index (κ3) is 3.98. The smallest absolute Gasteiger partial charge is 0.308 e. The van der Waals surface area contributed by atoms with E-state index in [0.717, 1.165) is 17.7 Å². The zero-order valence-corrected chi connectivity index (χ0v) is 12.5. The minimum Gasteiger partial charge on any atom is -0.496 e. The van der Waals surface area contributed by atoms with Crippen molar-refractivity contribution in [2.75, 3.05) is 14.2 Å². The zero-order chi connectivity index (χ0) is 14.4. The van der Waals surface area contributed by atoms with E-state index in [9.17, 15) is 4.79 Å². The molecule has 0 bridgehead atoms. The third-order valence-corrected chi connectivity index (χ3v) is 3.47. The molecule has 0 heterocycles. The molecule has 0 amide bonds. The number of carbonyl (C=O) groups is 1. The van der Waals surface area contributed by atoms with Gasteiger partial charge in [-0.05, 0) is 36.0 Å². The van der Waals surface area contributed by atoms with Gasteiger partial charge in [0.2, 0.25) is 0 Å². The van der Waals surface area contributed by atoms with Crippen molar-refractivity contribution in [3.05, 3.63) is 29.3 Å². The van der Waals surface area contributed by atoms with E-state index in [1.54, 1.807) is 7.11 Å². The molecule has 1 unspecified atom stereocenters. The molecule has 0 aliphatic carbocycles. The number of hydrogen-bond donors (Lipinski definition) is 0. The molecule has 0 aliphatic rings. The molecule has 106 valence electrons. The number of rotatable bonds is 6. The summed E-state index contributed by atoms with van der Waals surface area (Å²) in [6.45, 7) is 6.30. The SMILES string of the molecule is CCC(Cc1ccc(C(C)C)cc1OC)C(=O)OC. The number of benzene rings is 1. The molecule has 0 aromatic heterocycles. The standard InChI is InChI=1S/C16H24O3/c1-6-12(16(17)19-5)9-14-8-7-13(11(2)3)10-15(14)18-4/h7-8,10-12H,6,9H2,1-5H3. The first kappa shape index (κ1) is 15.5. The highest BCUT2D eigenvalue weighted by Gasteiger charge is 2.19. The fourth-order valence-corrected chi connectivity index (χ4v) is 2.12. The van der Waals surface area contributed by atoms with Crippen molar-refractivity contribution in [3.63, 3.8) is 0 Å². The van der Waals surface area contributed by atoms with Crippen molar-refractivity contribution in [1.82, 2.24) is 0 Å². The van der Waals surface area contributed by atoms with Gasteiger partial charge in [-0.3, -0.25) is 4.79 Å². The fourth-order valence-electron chi connectivity index (χ4n) is 2.12. The van der Waals surface area contributed by atoms with Gasteiger partial charge in [0.15, 0.2) is 0 Å². The second-order valence-electron chi connectivity index (χ2n) is 5.06. The molecular formula is C16H24O3. The molecule has 0 radical (unpaired) electrons. The molecule has 1 aromatic carbocycles. The monoisotopic (exact) mass is 264 g/mol. The van der Waals surface area contributed by atoms with E-state index in [0.29, 0.717) is 12.3 Å². The number of hydrogen-bond acceptors (Lipinski definition) is 3. The zero-order valence-electron chi connectivity index (χ0n) is 12.5. The Hall–Kier alpha value is -1.51. The Labute approximate surface area is 115 Å². The molecule has 3 nitrogen and oxygen atoms in total. The van der Waals surface area contributed by atoms with Crippen LogP contribution in [0.5, 0.6) is 5.75 Å². The minimum absolute atomic E-state index is 0.108. The molecule has 19 heavy (non-hydrogen) atoms. The summed E-state index contributed by atoms with van der Waals surface area (Å²) < 4.78 is 10.3. The second-order valence-corrected chi connectivity index (χ2v) is 5.06. The summed E-state index contributed by atoms with van der Waals surface area (Å²) in [6, 6.07) is 6.22. The molecule has 0 N–H and O–H groups in total. The average Bonchev–Trinajstić information content (AvgIpc) is 2.43. The molecule has 1 atom stereocenters. The molecule has 0 spiro atoms. The van der Waals surface area contributed by atoms with Gasteiger partial charge in [0.05, 0.1) is 20.1 Å². The summed E-state index contributed by atoms with van der Waals surface area (Å²) >= 11 is 0. The maximum absolute atomic E-state index is 11.7. The summed E-state index contributed by atoms with van der Waals surface area (Å²) in [5.74, 6) is 1.06. The van der Waals surface area contributed by atoms with Crippen LogP contribution >= 0.6 is 0 Å². The van der Waals surface area contributed by atoms with Gasteiger partial charge in [-0.2, -0.15) is 0 Å². The molecule has 3 heteroatoms. The summed E-state index contributed by atoms with van der Waals surface area (Å²) in [6.07, 6.45) is 1.42. The highest BCUT2D eigenvalue weighted by atomic mass is 16.5. The Morgan fingerprint density at radius 2 is 1.95 bits per heavy atom. The Balaban J connectivity index is 2.97. The highest BCUT2D eigenvalue weighted by Crippen LogP contribution is 2.27. The van der Waals surface area contributed by atoms with Crippen molar-refractivity contribution in [1.29, 1.82) is 0 Å². The average molecular weight is 264 g/mol. The summed E-state index contributed by atoms with van der Waals surface area (Å²) in [5.41, 5.74) is 2.30. The van der Waals surface area contributed by atoms with E-state index >= 15 is 0 Å². The van der Waals surface area contributed by atoms with Crippen molar-refractivity contribution in [2.45, 2.75) is 39.5 Å². The molecule has 0 saturated heterocycles. The van der Waals surface area contributed by atoms with E-state index < -0.39 is 0 Å². The van der Waals surface area contributed by atoms with Gasteiger partial charge in [0, 0.05) is 0 Å². The van der Waals surface area contributed by atoms with Crippen LogP contribution in [0.1, 0.15) is 44.2 Å². The van der Waals surface area contributed by atoms with Gasteiger partial charge in [-0.25, -0.2) is 0 Å². The van der Waals surface area contributed by atoms with Gasteiger partial charge >= 0.3 is 5.97 Å². The van der Waals surface area contributed by atoms with E-state index in [-0.39, 0.29) is 11.9 Å².